The smallest absolute Gasteiger partial charge is 0.254 e. The Morgan fingerprint density at radius 1 is 1.30 bits per heavy atom. The van der Waals surface area contributed by atoms with E-state index >= 15 is 0 Å². The molecule has 1 aliphatic heterocycles. The van der Waals surface area contributed by atoms with Crippen molar-refractivity contribution in [2.75, 3.05) is 25.0 Å². The quantitative estimate of drug-likeness (QED) is 0.937. The lowest BCUT2D eigenvalue weighted by Crippen LogP contribution is -2.55. The molecule has 1 saturated heterocycles. The van der Waals surface area contributed by atoms with Crippen molar-refractivity contribution in [2.24, 2.45) is 0 Å². The van der Waals surface area contributed by atoms with Crippen LogP contribution in [0.2, 0.25) is 0 Å². The first kappa shape index (κ1) is 17.5. The van der Waals surface area contributed by atoms with Crippen LogP contribution in [0.4, 0.5) is 5.69 Å². The zero-order chi connectivity index (χ0) is 15.6. The van der Waals surface area contributed by atoms with Gasteiger partial charge in [0, 0.05) is 25.1 Å². The molecule has 1 N–H and O–H groups in total. The number of anilines is 1. The van der Waals surface area contributed by atoms with Crippen LogP contribution in [0, 0.1) is 6.92 Å². The Morgan fingerprint density at radius 2 is 2.04 bits per heavy atom. The fourth-order valence-corrected chi connectivity index (χ4v) is 3.17. The van der Waals surface area contributed by atoms with Gasteiger partial charge >= 0.3 is 0 Å². The third kappa shape index (κ3) is 3.26. The minimum absolute atomic E-state index is 0. The molecule has 23 heavy (non-hydrogen) atoms. The zero-order valence-corrected chi connectivity index (χ0v) is 14.3. The normalized spacial score (nSPS) is 16.4. The van der Waals surface area contributed by atoms with Gasteiger partial charge in [-0.2, -0.15) is 5.10 Å². The molecular weight excluding hydrogens is 312 g/mol. The summed E-state index contributed by atoms with van der Waals surface area (Å²) >= 11 is 0. The van der Waals surface area contributed by atoms with Gasteiger partial charge in [-0.25, -0.2) is 0 Å². The predicted octanol–water partition coefficient (Wildman–Crippen LogP) is 2.36. The molecular formula is C17H23ClN4O. The summed E-state index contributed by atoms with van der Waals surface area (Å²) in [5.74, 6) is 0.100. The van der Waals surface area contributed by atoms with Gasteiger partial charge in [0.15, 0.2) is 0 Å². The van der Waals surface area contributed by atoms with E-state index in [9.17, 15) is 4.79 Å². The van der Waals surface area contributed by atoms with E-state index in [2.05, 4.69) is 10.4 Å². The second-order valence-corrected chi connectivity index (χ2v) is 5.94. The fraction of sp³-hybridized carbons (Fsp3) is 0.412. The van der Waals surface area contributed by atoms with Gasteiger partial charge in [-0.05, 0) is 56.6 Å². The van der Waals surface area contributed by atoms with Gasteiger partial charge in [-0.15, -0.1) is 12.4 Å². The lowest BCUT2D eigenvalue weighted by molar-refractivity contribution is -0.128. The van der Waals surface area contributed by atoms with Crippen molar-refractivity contribution in [1.29, 1.82) is 0 Å². The van der Waals surface area contributed by atoms with E-state index in [1.54, 1.807) is 11.1 Å². The van der Waals surface area contributed by atoms with Crippen LogP contribution in [0.5, 0.6) is 0 Å². The molecule has 1 aliphatic rings. The van der Waals surface area contributed by atoms with Crippen LogP contribution in [-0.2, 0) is 10.3 Å². The number of aromatic nitrogens is 2. The highest BCUT2D eigenvalue weighted by molar-refractivity contribution is 5.98. The molecule has 1 aromatic carbocycles. The number of carbonyl (C=O) groups excluding carboxylic acids is 1. The van der Waals surface area contributed by atoms with E-state index < -0.39 is 5.54 Å². The molecule has 0 unspecified atom stereocenters. The molecule has 0 aliphatic carbocycles. The highest BCUT2D eigenvalue weighted by Crippen LogP contribution is 2.31. The summed E-state index contributed by atoms with van der Waals surface area (Å²) in [6.45, 7) is 3.69. The van der Waals surface area contributed by atoms with Gasteiger partial charge in [-0.3, -0.25) is 9.48 Å². The van der Waals surface area contributed by atoms with E-state index in [-0.39, 0.29) is 18.3 Å². The van der Waals surface area contributed by atoms with Crippen molar-refractivity contribution in [3.05, 3.63) is 48.3 Å². The molecule has 124 valence electrons. The highest BCUT2D eigenvalue weighted by atomic mass is 35.5. The average molecular weight is 335 g/mol. The zero-order valence-electron chi connectivity index (χ0n) is 13.5. The van der Waals surface area contributed by atoms with Gasteiger partial charge in [0.1, 0.15) is 5.54 Å². The molecule has 0 radical (unpaired) electrons. The van der Waals surface area contributed by atoms with Crippen molar-refractivity contribution < 1.29 is 4.79 Å². The van der Waals surface area contributed by atoms with Crippen LogP contribution >= 0.6 is 12.4 Å². The van der Waals surface area contributed by atoms with E-state index in [0.717, 1.165) is 37.2 Å². The number of hydrogen-bond donors (Lipinski definition) is 1. The monoisotopic (exact) mass is 334 g/mol. The molecule has 1 amide bonds. The maximum atomic E-state index is 13.3. The summed E-state index contributed by atoms with van der Waals surface area (Å²) in [6, 6.07) is 9.91. The number of nitrogens with one attached hydrogen (secondary N) is 1. The van der Waals surface area contributed by atoms with Crippen LogP contribution in [0.1, 0.15) is 18.4 Å². The SMILES string of the molecule is Cc1cccc(N(C)C(=O)C2(n3cccn3)CCNCC2)c1.Cl. The Labute approximate surface area is 143 Å². The molecule has 1 fully saturated rings. The van der Waals surface area contributed by atoms with Crippen molar-refractivity contribution in [3.8, 4) is 0 Å². The second-order valence-electron chi connectivity index (χ2n) is 5.94. The topological polar surface area (TPSA) is 50.2 Å². The largest absolute Gasteiger partial charge is 0.317 e. The summed E-state index contributed by atoms with van der Waals surface area (Å²) in [7, 11) is 1.85. The van der Waals surface area contributed by atoms with E-state index in [1.165, 1.54) is 0 Å². The summed E-state index contributed by atoms with van der Waals surface area (Å²) in [4.78, 5) is 15.0. The van der Waals surface area contributed by atoms with Crippen molar-refractivity contribution >= 4 is 24.0 Å². The number of hydrogen-bond acceptors (Lipinski definition) is 3. The average Bonchev–Trinajstić information content (AvgIpc) is 3.09. The van der Waals surface area contributed by atoms with Crippen LogP contribution in [0.25, 0.3) is 0 Å². The summed E-state index contributed by atoms with van der Waals surface area (Å²) < 4.78 is 1.84. The molecule has 0 bridgehead atoms. The Bertz CT molecular complexity index is 650. The van der Waals surface area contributed by atoms with Crippen molar-refractivity contribution in [2.45, 2.75) is 25.3 Å². The van der Waals surface area contributed by atoms with E-state index in [4.69, 9.17) is 0 Å². The lowest BCUT2D eigenvalue weighted by atomic mass is 9.86. The lowest BCUT2D eigenvalue weighted by Gasteiger charge is -2.39. The maximum Gasteiger partial charge on any atom is 0.254 e. The van der Waals surface area contributed by atoms with Gasteiger partial charge < -0.3 is 10.2 Å². The number of piperidine rings is 1. The summed E-state index contributed by atoms with van der Waals surface area (Å²) in [6.07, 6.45) is 5.14. The Hall–Kier alpha value is -1.85. The number of carbonyl (C=O) groups is 1. The second kappa shape index (κ2) is 7.15. The summed E-state index contributed by atoms with van der Waals surface area (Å²) in [5, 5.41) is 7.70. The van der Waals surface area contributed by atoms with E-state index in [1.807, 2.05) is 55.2 Å². The minimum Gasteiger partial charge on any atom is -0.317 e. The Balaban J connectivity index is 0.00000192. The third-order valence-electron chi connectivity index (χ3n) is 4.47. The van der Waals surface area contributed by atoms with Gasteiger partial charge in [0.25, 0.3) is 5.91 Å². The maximum absolute atomic E-state index is 13.3. The van der Waals surface area contributed by atoms with Crippen LogP contribution in [-0.4, -0.2) is 35.8 Å². The third-order valence-corrected chi connectivity index (χ3v) is 4.47. The first-order valence-corrected chi connectivity index (χ1v) is 7.69. The molecule has 5 nitrogen and oxygen atoms in total. The number of nitrogens with zero attached hydrogens (tertiary/aromatic N) is 3. The number of halogens is 1. The van der Waals surface area contributed by atoms with Gasteiger partial charge in [0.05, 0.1) is 0 Å². The predicted molar refractivity (Wildman–Crippen MR) is 94.1 cm³/mol. The van der Waals surface area contributed by atoms with E-state index in [0.29, 0.717) is 0 Å². The van der Waals surface area contributed by atoms with Gasteiger partial charge in [0.2, 0.25) is 0 Å². The first-order valence-electron chi connectivity index (χ1n) is 7.69. The van der Waals surface area contributed by atoms with Crippen molar-refractivity contribution in [3.63, 3.8) is 0 Å². The Kier molecular flexibility index (Phi) is 5.44. The van der Waals surface area contributed by atoms with Crippen LogP contribution in [0.15, 0.2) is 42.7 Å². The van der Waals surface area contributed by atoms with Crippen LogP contribution in [0.3, 0.4) is 0 Å². The molecule has 2 aromatic rings. The fourth-order valence-electron chi connectivity index (χ4n) is 3.17. The molecule has 6 heteroatoms. The minimum atomic E-state index is -0.590. The number of aryl methyl sites for hydroxylation is 1. The molecule has 0 atom stereocenters. The number of likely N-dealkylation sites (N-methyl/N-ethyl adjacent to an activating group) is 1. The molecule has 0 saturated carbocycles. The van der Waals surface area contributed by atoms with Gasteiger partial charge in [-0.1, -0.05) is 12.1 Å². The van der Waals surface area contributed by atoms with Crippen molar-refractivity contribution in [1.82, 2.24) is 15.1 Å². The summed E-state index contributed by atoms with van der Waals surface area (Å²) in [5.41, 5.74) is 1.48. The number of amides is 1. The highest BCUT2D eigenvalue weighted by Gasteiger charge is 2.43. The molecule has 0 spiro atoms. The standard InChI is InChI=1S/C17H22N4O.ClH/c1-14-5-3-6-15(13-14)20(2)16(22)17(7-10-18-11-8-17)21-12-4-9-19-21;/h3-6,9,12-13,18H,7-8,10-11H2,1-2H3;1H. The molecule has 3 rings (SSSR count). The van der Waals surface area contributed by atoms with Crippen LogP contribution < -0.4 is 10.2 Å². The number of benzene rings is 1. The molecule has 1 aromatic heterocycles. The first-order chi connectivity index (χ1) is 10.6. The number of rotatable bonds is 3. The molecule has 2 heterocycles. The Morgan fingerprint density at radius 3 is 2.65 bits per heavy atom.